The Balaban J connectivity index is 2.37. The van der Waals surface area contributed by atoms with Gasteiger partial charge in [0.1, 0.15) is 16.4 Å². The van der Waals surface area contributed by atoms with Gasteiger partial charge in [0.2, 0.25) is 0 Å². The van der Waals surface area contributed by atoms with Gasteiger partial charge in [-0.15, -0.1) is 0 Å². The molecule has 1 N–H and O–H groups in total. The second-order valence-electron chi connectivity index (χ2n) is 4.98. The number of hydrogen-bond acceptors (Lipinski definition) is 3. The summed E-state index contributed by atoms with van der Waals surface area (Å²) in [7, 11) is 0. The highest BCUT2D eigenvalue weighted by atomic mass is 79.9. The average molecular weight is 329 g/mol. The first kappa shape index (κ1) is 14.7. The van der Waals surface area contributed by atoms with Gasteiger partial charge in [-0.05, 0) is 42.1 Å². The third-order valence-electron chi connectivity index (χ3n) is 3.69. The zero-order valence-corrected chi connectivity index (χ0v) is 13.1. The molecule has 0 spiro atoms. The van der Waals surface area contributed by atoms with E-state index in [9.17, 15) is 4.79 Å². The summed E-state index contributed by atoms with van der Waals surface area (Å²) in [5.74, 6) is 1.08. The Labute approximate surface area is 122 Å². The fraction of sp³-hybridized carbons (Fsp3) is 0.714. The van der Waals surface area contributed by atoms with Crippen LogP contribution >= 0.6 is 15.9 Å². The predicted octanol–water partition coefficient (Wildman–Crippen LogP) is 3.68. The van der Waals surface area contributed by atoms with Crippen LogP contribution in [-0.2, 0) is 4.74 Å². The summed E-state index contributed by atoms with van der Waals surface area (Å²) in [6, 6.07) is 0. The van der Waals surface area contributed by atoms with Gasteiger partial charge in [0.05, 0.1) is 5.69 Å². The van der Waals surface area contributed by atoms with Crippen molar-refractivity contribution >= 4 is 15.9 Å². The second-order valence-corrected chi connectivity index (χ2v) is 5.78. The van der Waals surface area contributed by atoms with Gasteiger partial charge in [0.25, 0.3) is 5.56 Å². The van der Waals surface area contributed by atoms with E-state index in [-0.39, 0.29) is 11.7 Å². The summed E-state index contributed by atoms with van der Waals surface area (Å²) < 4.78 is 6.23. The highest BCUT2D eigenvalue weighted by Crippen LogP contribution is 2.35. The normalized spacial score (nSPS) is 17.8. The van der Waals surface area contributed by atoms with Crippen LogP contribution in [0.4, 0.5) is 0 Å². The fourth-order valence-corrected chi connectivity index (χ4v) is 3.22. The molecule has 0 aromatic carbocycles. The first-order valence-corrected chi connectivity index (χ1v) is 7.87. The Hall–Kier alpha value is -0.680. The minimum absolute atomic E-state index is 0.0925. The van der Waals surface area contributed by atoms with Gasteiger partial charge in [0, 0.05) is 12.5 Å². The van der Waals surface area contributed by atoms with Gasteiger partial charge in [-0.25, -0.2) is 4.98 Å². The summed E-state index contributed by atoms with van der Waals surface area (Å²) in [5.41, 5.74) is 0.819. The van der Waals surface area contributed by atoms with Crippen molar-refractivity contribution < 1.29 is 4.74 Å². The summed E-state index contributed by atoms with van der Waals surface area (Å²) >= 11 is 3.39. The van der Waals surface area contributed by atoms with Crippen molar-refractivity contribution in [3.63, 3.8) is 0 Å². The largest absolute Gasteiger partial charge is 0.371 e. The van der Waals surface area contributed by atoms with Gasteiger partial charge < -0.3 is 9.72 Å². The third kappa shape index (κ3) is 3.26. The molecule has 4 nitrogen and oxygen atoms in total. The Bertz CT molecular complexity index is 481. The van der Waals surface area contributed by atoms with E-state index >= 15 is 0 Å². The van der Waals surface area contributed by atoms with Gasteiger partial charge in [-0.2, -0.15) is 0 Å². The molecule has 0 radical (unpaired) electrons. The molecular formula is C14H21BrN2O2. The molecule has 0 amide bonds. The van der Waals surface area contributed by atoms with E-state index in [1.165, 1.54) is 12.8 Å². The predicted molar refractivity (Wildman–Crippen MR) is 78.4 cm³/mol. The van der Waals surface area contributed by atoms with Gasteiger partial charge in [0.15, 0.2) is 0 Å². The highest BCUT2D eigenvalue weighted by Gasteiger charge is 2.24. The number of nitrogens with one attached hydrogen (secondary N) is 1. The fourth-order valence-electron chi connectivity index (χ4n) is 2.71. The average Bonchev–Trinajstić information content (AvgIpc) is 2.93. The van der Waals surface area contributed by atoms with Crippen LogP contribution in [0.5, 0.6) is 0 Å². The van der Waals surface area contributed by atoms with E-state index in [2.05, 4.69) is 25.9 Å². The SMILES string of the molecule is CCOC(CC)c1nc(C2CCCC2)c(Br)c(=O)[nH]1. The number of halogens is 1. The lowest BCUT2D eigenvalue weighted by atomic mass is 10.0. The Morgan fingerprint density at radius 3 is 2.68 bits per heavy atom. The van der Waals surface area contributed by atoms with Crippen LogP contribution in [0.3, 0.4) is 0 Å². The lowest BCUT2D eigenvalue weighted by Gasteiger charge is -2.17. The molecule has 0 aliphatic heterocycles. The number of aromatic nitrogens is 2. The minimum Gasteiger partial charge on any atom is -0.371 e. The minimum atomic E-state index is -0.119. The Morgan fingerprint density at radius 2 is 2.11 bits per heavy atom. The van der Waals surface area contributed by atoms with E-state index in [0.717, 1.165) is 25.0 Å². The second kappa shape index (κ2) is 6.66. The number of nitrogens with zero attached hydrogens (tertiary/aromatic N) is 1. The molecule has 1 aromatic heterocycles. The number of H-pyrrole nitrogens is 1. The summed E-state index contributed by atoms with van der Waals surface area (Å²) in [4.78, 5) is 19.6. The molecule has 1 unspecified atom stereocenters. The summed E-state index contributed by atoms with van der Waals surface area (Å²) in [6.45, 7) is 4.62. The highest BCUT2D eigenvalue weighted by molar-refractivity contribution is 9.10. The standard InChI is InChI=1S/C14H21BrN2O2/c1-3-10(19-4-2)13-16-12(9-7-5-6-8-9)11(15)14(18)17-13/h9-10H,3-8H2,1-2H3,(H,16,17,18). The molecule has 5 heteroatoms. The summed E-state index contributed by atoms with van der Waals surface area (Å²) in [5, 5.41) is 0. The molecule has 0 saturated heterocycles. The third-order valence-corrected chi connectivity index (χ3v) is 4.46. The molecule has 106 valence electrons. The van der Waals surface area contributed by atoms with Gasteiger partial charge in [-0.3, -0.25) is 4.79 Å². The van der Waals surface area contributed by atoms with Crippen molar-refractivity contribution in [2.45, 2.75) is 58.0 Å². The molecule has 0 bridgehead atoms. The lowest BCUT2D eigenvalue weighted by molar-refractivity contribution is 0.0530. The molecule has 1 heterocycles. The zero-order valence-electron chi connectivity index (χ0n) is 11.5. The Morgan fingerprint density at radius 1 is 1.42 bits per heavy atom. The van der Waals surface area contributed by atoms with E-state index in [1.54, 1.807) is 0 Å². The maximum absolute atomic E-state index is 12.0. The van der Waals surface area contributed by atoms with Crippen molar-refractivity contribution in [1.82, 2.24) is 9.97 Å². The van der Waals surface area contributed by atoms with Crippen LogP contribution in [0, 0.1) is 0 Å². The Kier molecular flexibility index (Phi) is 5.16. The van der Waals surface area contributed by atoms with E-state index in [0.29, 0.717) is 22.8 Å². The van der Waals surface area contributed by atoms with Crippen molar-refractivity contribution in [2.24, 2.45) is 0 Å². The van der Waals surface area contributed by atoms with E-state index in [4.69, 9.17) is 4.74 Å². The van der Waals surface area contributed by atoms with Crippen LogP contribution in [0.2, 0.25) is 0 Å². The van der Waals surface area contributed by atoms with Crippen LogP contribution < -0.4 is 5.56 Å². The molecule has 1 aliphatic rings. The topological polar surface area (TPSA) is 55.0 Å². The van der Waals surface area contributed by atoms with Gasteiger partial charge in [-0.1, -0.05) is 19.8 Å². The van der Waals surface area contributed by atoms with Crippen LogP contribution in [-0.4, -0.2) is 16.6 Å². The summed E-state index contributed by atoms with van der Waals surface area (Å²) in [6.07, 6.45) is 5.39. The molecule has 1 aliphatic carbocycles. The van der Waals surface area contributed by atoms with Crippen molar-refractivity contribution in [2.75, 3.05) is 6.61 Å². The molecule has 1 saturated carbocycles. The number of hydrogen-bond donors (Lipinski definition) is 1. The number of rotatable bonds is 5. The molecule has 1 fully saturated rings. The molecule has 2 rings (SSSR count). The monoisotopic (exact) mass is 328 g/mol. The maximum atomic E-state index is 12.0. The van der Waals surface area contributed by atoms with Crippen molar-refractivity contribution in [3.8, 4) is 0 Å². The van der Waals surface area contributed by atoms with Crippen molar-refractivity contribution in [1.29, 1.82) is 0 Å². The first-order valence-electron chi connectivity index (χ1n) is 7.08. The van der Waals surface area contributed by atoms with E-state index in [1.807, 2.05) is 13.8 Å². The smallest absolute Gasteiger partial charge is 0.265 e. The zero-order chi connectivity index (χ0) is 13.8. The van der Waals surface area contributed by atoms with Gasteiger partial charge >= 0.3 is 0 Å². The number of ether oxygens (including phenoxy) is 1. The maximum Gasteiger partial charge on any atom is 0.265 e. The van der Waals surface area contributed by atoms with Crippen LogP contribution in [0.15, 0.2) is 9.27 Å². The molecular weight excluding hydrogens is 308 g/mol. The first-order chi connectivity index (χ1) is 9.17. The lowest BCUT2D eigenvalue weighted by Crippen LogP contribution is -2.20. The number of aromatic amines is 1. The van der Waals surface area contributed by atoms with Crippen LogP contribution in [0.25, 0.3) is 0 Å². The van der Waals surface area contributed by atoms with Crippen LogP contribution in [0.1, 0.15) is 69.5 Å². The molecule has 1 atom stereocenters. The van der Waals surface area contributed by atoms with Crippen molar-refractivity contribution in [3.05, 3.63) is 26.3 Å². The quantitative estimate of drug-likeness (QED) is 0.896. The molecule has 1 aromatic rings. The molecule has 19 heavy (non-hydrogen) atoms. The van der Waals surface area contributed by atoms with E-state index < -0.39 is 0 Å².